The van der Waals surface area contributed by atoms with Gasteiger partial charge in [0.25, 0.3) is 0 Å². The maximum absolute atomic E-state index is 12.6. The summed E-state index contributed by atoms with van der Waals surface area (Å²) in [5, 5.41) is 7.89. The predicted octanol–water partition coefficient (Wildman–Crippen LogP) is 4.62. The van der Waals surface area contributed by atoms with Crippen LogP contribution in [0.3, 0.4) is 0 Å². The first-order chi connectivity index (χ1) is 14.6. The molecular formula is C22H22ClN3O4. The molecule has 1 aliphatic heterocycles. The average molecular weight is 428 g/mol. The van der Waals surface area contributed by atoms with Crippen LogP contribution < -0.4 is 5.32 Å². The number of hydrogen-bond acceptors (Lipinski definition) is 6. The largest absolute Gasteiger partial charge is 0.448 e. The van der Waals surface area contributed by atoms with Gasteiger partial charge in [0, 0.05) is 40.2 Å². The van der Waals surface area contributed by atoms with Crippen molar-refractivity contribution < 1.29 is 18.8 Å². The number of piperidine rings is 1. The van der Waals surface area contributed by atoms with E-state index in [4.69, 9.17) is 20.9 Å². The van der Waals surface area contributed by atoms with Crippen LogP contribution in [-0.2, 0) is 4.74 Å². The molecule has 0 bridgehead atoms. The third kappa shape index (κ3) is 4.98. The highest BCUT2D eigenvalue weighted by molar-refractivity contribution is 6.30. The molecule has 1 saturated heterocycles. The van der Waals surface area contributed by atoms with Gasteiger partial charge in [-0.3, -0.25) is 15.0 Å². The van der Waals surface area contributed by atoms with Crippen molar-refractivity contribution in [2.75, 3.05) is 31.6 Å². The summed E-state index contributed by atoms with van der Waals surface area (Å²) in [6.45, 7) is 2.52. The van der Waals surface area contributed by atoms with Gasteiger partial charge in [0.1, 0.15) is 6.61 Å². The SMILES string of the molecule is O=C(Nc1ccc2cnoc2c1)OCCN1CCC(C(=O)c2ccc(Cl)cc2)CC1. The number of rotatable bonds is 6. The van der Waals surface area contributed by atoms with Gasteiger partial charge in [-0.25, -0.2) is 4.79 Å². The van der Waals surface area contributed by atoms with Crippen molar-refractivity contribution in [3.05, 3.63) is 59.2 Å². The molecule has 0 radical (unpaired) electrons. The second-order valence-corrected chi connectivity index (χ2v) is 7.76. The third-order valence-electron chi connectivity index (χ3n) is 5.33. The number of ketones is 1. The minimum atomic E-state index is -0.512. The van der Waals surface area contributed by atoms with Gasteiger partial charge in [-0.1, -0.05) is 16.8 Å². The fourth-order valence-corrected chi connectivity index (χ4v) is 3.75. The Hall–Kier alpha value is -2.90. The first kappa shape index (κ1) is 20.4. The van der Waals surface area contributed by atoms with Gasteiger partial charge >= 0.3 is 6.09 Å². The zero-order chi connectivity index (χ0) is 20.9. The highest BCUT2D eigenvalue weighted by Gasteiger charge is 2.25. The standard InChI is InChI=1S/C22H22ClN3O4/c23-18-4-1-15(2-5-18)21(27)16-7-9-26(10-8-16)11-12-29-22(28)25-19-6-3-17-14-24-30-20(17)13-19/h1-6,13-14,16H,7-12H2,(H,25,28). The first-order valence-corrected chi connectivity index (χ1v) is 10.3. The van der Waals surface area contributed by atoms with Gasteiger partial charge < -0.3 is 9.26 Å². The highest BCUT2D eigenvalue weighted by atomic mass is 35.5. The second-order valence-electron chi connectivity index (χ2n) is 7.33. The number of halogens is 1. The van der Waals surface area contributed by atoms with Crippen molar-refractivity contribution in [1.29, 1.82) is 0 Å². The molecule has 1 aliphatic rings. The monoisotopic (exact) mass is 427 g/mol. The minimum Gasteiger partial charge on any atom is -0.448 e. The van der Waals surface area contributed by atoms with Crippen LogP contribution in [0.1, 0.15) is 23.2 Å². The molecule has 2 heterocycles. The quantitative estimate of drug-likeness (QED) is 0.577. The number of carbonyl (C=O) groups is 2. The van der Waals surface area contributed by atoms with Crippen molar-refractivity contribution in [2.24, 2.45) is 5.92 Å². The number of hydrogen-bond donors (Lipinski definition) is 1. The van der Waals surface area contributed by atoms with Gasteiger partial charge in [-0.15, -0.1) is 0 Å². The Labute approximate surface area is 178 Å². The van der Waals surface area contributed by atoms with Gasteiger partial charge in [0.2, 0.25) is 0 Å². The summed E-state index contributed by atoms with van der Waals surface area (Å²) in [6, 6.07) is 12.3. The Kier molecular flexibility index (Phi) is 6.30. The van der Waals surface area contributed by atoms with Gasteiger partial charge in [-0.05, 0) is 62.3 Å². The number of carbonyl (C=O) groups excluding carboxylic acids is 2. The number of anilines is 1. The van der Waals surface area contributed by atoms with Crippen molar-refractivity contribution >= 4 is 40.1 Å². The number of fused-ring (bicyclic) bond motifs is 1. The van der Waals surface area contributed by atoms with E-state index in [1.807, 2.05) is 6.07 Å². The van der Waals surface area contributed by atoms with Gasteiger partial charge in [0.05, 0.1) is 6.20 Å². The van der Waals surface area contributed by atoms with Crippen molar-refractivity contribution in [2.45, 2.75) is 12.8 Å². The van der Waals surface area contributed by atoms with E-state index in [0.717, 1.165) is 31.3 Å². The lowest BCUT2D eigenvalue weighted by Crippen LogP contribution is -2.38. The highest BCUT2D eigenvalue weighted by Crippen LogP contribution is 2.23. The molecule has 1 fully saturated rings. The molecule has 1 amide bonds. The minimum absolute atomic E-state index is 0.0256. The number of nitrogens with one attached hydrogen (secondary N) is 1. The average Bonchev–Trinajstić information content (AvgIpc) is 3.22. The van der Waals surface area contributed by atoms with Gasteiger partial charge in [-0.2, -0.15) is 0 Å². The summed E-state index contributed by atoms with van der Waals surface area (Å²) in [4.78, 5) is 26.8. The molecule has 0 atom stereocenters. The van der Waals surface area contributed by atoms with Crippen LogP contribution in [0.25, 0.3) is 11.0 Å². The Bertz CT molecular complexity index is 1030. The van der Waals surface area contributed by atoms with Crippen LogP contribution in [0.2, 0.25) is 5.02 Å². The molecule has 1 N–H and O–H groups in total. The molecule has 0 unspecified atom stereocenters. The molecule has 7 nitrogen and oxygen atoms in total. The maximum Gasteiger partial charge on any atom is 0.411 e. The summed E-state index contributed by atoms with van der Waals surface area (Å²) in [5.74, 6) is 0.198. The first-order valence-electron chi connectivity index (χ1n) is 9.89. The maximum atomic E-state index is 12.6. The zero-order valence-corrected chi connectivity index (χ0v) is 17.1. The number of ether oxygens (including phenoxy) is 1. The van der Waals surface area contributed by atoms with Crippen LogP contribution in [0, 0.1) is 5.92 Å². The summed E-state index contributed by atoms with van der Waals surface area (Å²) >= 11 is 5.89. The number of amides is 1. The number of nitrogens with zero attached hydrogens (tertiary/aromatic N) is 2. The molecular weight excluding hydrogens is 406 g/mol. The topological polar surface area (TPSA) is 84.7 Å². The van der Waals surface area contributed by atoms with Crippen LogP contribution >= 0.6 is 11.6 Å². The van der Waals surface area contributed by atoms with Crippen LogP contribution in [0.4, 0.5) is 10.5 Å². The number of benzene rings is 2. The molecule has 156 valence electrons. The van der Waals surface area contributed by atoms with E-state index in [1.54, 1.807) is 42.6 Å². The van der Waals surface area contributed by atoms with Gasteiger partial charge in [0.15, 0.2) is 11.4 Å². The lowest BCUT2D eigenvalue weighted by Gasteiger charge is -2.31. The lowest BCUT2D eigenvalue weighted by atomic mass is 9.89. The molecule has 4 rings (SSSR count). The van der Waals surface area contributed by atoms with E-state index in [-0.39, 0.29) is 18.3 Å². The van der Waals surface area contributed by atoms with Crippen molar-refractivity contribution in [3.8, 4) is 0 Å². The molecule has 3 aromatic rings. The lowest BCUT2D eigenvalue weighted by molar-refractivity contribution is 0.0813. The molecule has 30 heavy (non-hydrogen) atoms. The number of Topliss-reactive ketones (excluding diaryl/α,β-unsaturated/α-hetero) is 1. The van der Waals surface area contributed by atoms with Crippen molar-refractivity contribution in [1.82, 2.24) is 10.1 Å². The smallest absolute Gasteiger partial charge is 0.411 e. The normalized spacial score (nSPS) is 15.2. The Morgan fingerprint density at radius 2 is 1.93 bits per heavy atom. The van der Waals surface area contributed by atoms with E-state index in [9.17, 15) is 9.59 Å². The summed E-state index contributed by atoms with van der Waals surface area (Å²) < 4.78 is 10.4. The van der Waals surface area contributed by atoms with E-state index < -0.39 is 6.09 Å². The van der Waals surface area contributed by atoms with E-state index in [0.29, 0.717) is 28.4 Å². The van der Waals surface area contributed by atoms with Crippen LogP contribution in [-0.4, -0.2) is 48.2 Å². The van der Waals surface area contributed by atoms with Crippen molar-refractivity contribution in [3.63, 3.8) is 0 Å². The molecule has 0 spiro atoms. The molecule has 1 aromatic heterocycles. The summed E-state index contributed by atoms with van der Waals surface area (Å²) in [6.07, 6.45) is 2.70. The summed E-state index contributed by atoms with van der Waals surface area (Å²) in [5.41, 5.74) is 1.90. The fourth-order valence-electron chi connectivity index (χ4n) is 3.63. The summed E-state index contributed by atoms with van der Waals surface area (Å²) in [7, 11) is 0. The van der Waals surface area contributed by atoms with E-state index >= 15 is 0 Å². The Morgan fingerprint density at radius 1 is 1.17 bits per heavy atom. The molecule has 2 aromatic carbocycles. The predicted molar refractivity (Wildman–Crippen MR) is 114 cm³/mol. The van der Waals surface area contributed by atoms with E-state index in [1.165, 1.54) is 0 Å². The van der Waals surface area contributed by atoms with Crippen LogP contribution in [0.5, 0.6) is 0 Å². The molecule has 0 aliphatic carbocycles. The Balaban J connectivity index is 1.18. The second kappa shape index (κ2) is 9.28. The Morgan fingerprint density at radius 3 is 2.70 bits per heavy atom. The molecule has 8 heteroatoms. The van der Waals surface area contributed by atoms with E-state index in [2.05, 4.69) is 15.4 Å². The number of aromatic nitrogens is 1. The van der Waals surface area contributed by atoms with Crippen LogP contribution in [0.15, 0.2) is 53.2 Å². The molecule has 0 saturated carbocycles. The fraction of sp³-hybridized carbons (Fsp3) is 0.318. The zero-order valence-electron chi connectivity index (χ0n) is 16.3. The third-order valence-corrected chi connectivity index (χ3v) is 5.58. The number of likely N-dealkylation sites (tertiary alicyclic amines) is 1.